The van der Waals surface area contributed by atoms with Crippen LogP contribution in [0.5, 0.6) is 0 Å². The molecule has 0 bridgehead atoms. The zero-order valence-electron chi connectivity index (χ0n) is 13.3. The van der Waals surface area contributed by atoms with Gasteiger partial charge in [0, 0.05) is 28.8 Å². The molecule has 130 valence electrons. The Kier molecular flexibility index (Phi) is 5.58. The normalized spacial score (nSPS) is 16.2. The number of nitrogens with one attached hydrogen (secondary N) is 2. The first-order valence-corrected chi connectivity index (χ1v) is 8.61. The van der Waals surface area contributed by atoms with E-state index in [0.717, 1.165) is 5.56 Å². The van der Waals surface area contributed by atoms with Gasteiger partial charge in [-0.15, -0.1) is 0 Å². The van der Waals surface area contributed by atoms with Gasteiger partial charge in [0.05, 0.1) is 6.54 Å². The average Bonchev–Trinajstić information content (AvgIpc) is 2.55. The van der Waals surface area contributed by atoms with E-state index < -0.39 is 6.04 Å². The van der Waals surface area contributed by atoms with Gasteiger partial charge in [0.15, 0.2) is 0 Å². The molecule has 7 heteroatoms. The van der Waals surface area contributed by atoms with Gasteiger partial charge in [-0.05, 0) is 23.8 Å². The van der Waals surface area contributed by atoms with E-state index in [2.05, 4.69) is 10.6 Å². The molecule has 25 heavy (non-hydrogen) atoms. The quantitative estimate of drug-likeness (QED) is 0.860. The number of piperazine rings is 1. The molecule has 2 aromatic carbocycles. The molecule has 1 aliphatic heterocycles. The second-order valence-electron chi connectivity index (χ2n) is 5.78. The third-order valence-electron chi connectivity index (χ3n) is 3.93. The summed E-state index contributed by atoms with van der Waals surface area (Å²) in [5.41, 5.74) is 1.34. The Labute approximate surface area is 155 Å². The maximum Gasteiger partial charge on any atom is 0.246 e. The lowest BCUT2D eigenvalue weighted by atomic mass is 10.0. The second kappa shape index (κ2) is 7.87. The highest BCUT2D eigenvalue weighted by atomic mass is 35.5. The van der Waals surface area contributed by atoms with E-state index in [1.165, 1.54) is 0 Å². The van der Waals surface area contributed by atoms with E-state index in [1.54, 1.807) is 18.2 Å². The summed E-state index contributed by atoms with van der Waals surface area (Å²) >= 11 is 12.0. The van der Waals surface area contributed by atoms with E-state index >= 15 is 0 Å². The van der Waals surface area contributed by atoms with Crippen LogP contribution in [-0.4, -0.2) is 36.3 Å². The van der Waals surface area contributed by atoms with Crippen molar-refractivity contribution >= 4 is 40.7 Å². The van der Waals surface area contributed by atoms with Gasteiger partial charge in [-0.1, -0.05) is 53.5 Å². The molecular weight excluding hydrogens is 361 g/mol. The van der Waals surface area contributed by atoms with Crippen LogP contribution in [0.1, 0.15) is 11.6 Å². The topological polar surface area (TPSA) is 61.4 Å². The average molecular weight is 378 g/mol. The van der Waals surface area contributed by atoms with Crippen LogP contribution in [0.25, 0.3) is 0 Å². The van der Waals surface area contributed by atoms with Crippen molar-refractivity contribution in [3.05, 3.63) is 64.1 Å². The van der Waals surface area contributed by atoms with Crippen LogP contribution in [0.4, 0.5) is 5.69 Å². The fourth-order valence-corrected chi connectivity index (χ4v) is 3.40. The van der Waals surface area contributed by atoms with E-state index in [4.69, 9.17) is 23.2 Å². The first-order chi connectivity index (χ1) is 12.0. The van der Waals surface area contributed by atoms with Gasteiger partial charge in [-0.2, -0.15) is 0 Å². The van der Waals surface area contributed by atoms with Crippen LogP contribution in [0.15, 0.2) is 48.5 Å². The Hall–Kier alpha value is -2.08. The predicted molar refractivity (Wildman–Crippen MR) is 98.9 cm³/mol. The molecule has 1 saturated heterocycles. The van der Waals surface area contributed by atoms with Crippen LogP contribution in [0, 0.1) is 0 Å². The summed E-state index contributed by atoms with van der Waals surface area (Å²) in [4.78, 5) is 26.6. The van der Waals surface area contributed by atoms with Crippen LogP contribution >= 0.6 is 23.2 Å². The Bertz CT molecular complexity index is 763. The first-order valence-electron chi connectivity index (χ1n) is 7.85. The number of benzene rings is 2. The van der Waals surface area contributed by atoms with Crippen molar-refractivity contribution in [1.29, 1.82) is 0 Å². The zero-order chi connectivity index (χ0) is 17.8. The Morgan fingerprint density at radius 2 is 1.80 bits per heavy atom. The molecule has 1 fully saturated rings. The summed E-state index contributed by atoms with van der Waals surface area (Å²) in [6.45, 7) is 1.27. The van der Waals surface area contributed by atoms with E-state index in [0.29, 0.717) is 28.8 Å². The molecule has 0 aliphatic carbocycles. The number of hydrogen-bond donors (Lipinski definition) is 2. The Balaban J connectivity index is 1.88. The van der Waals surface area contributed by atoms with Crippen LogP contribution in [0.2, 0.25) is 10.0 Å². The fraction of sp³-hybridized carbons (Fsp3) is 0.222. The van der Waals surface area contributed by atoms with Crippen molar-refractivity contribution in [1.82, 2.24) is 10.2 Å². The standard InChI is InChI=1S/C18H17Cl2N3O2/c19-13-8-14(20)10-15(9-13)22-18(25)17(12-4-2-1-3-5-12)23-7-6-21-16(24)11-23/h1-5,8-10,17H,6-7,11H2,(H,21,24)(H,22,25)/t17-/m1/s1. The smallest absolute Gasteiger partial charge is 0.246 e. The lowest BCUT2D eigenvalue weighted by molar-refractivity contribution is -0.128. The summed E-state index contributed by atoms with van der Waals surface area (Å²) in [5.74, 6) is -0.329. The monoisotopic (exact) mass is 377 g/mol. The molecule has 3 rings (SSSR count). The highest BCUT2D eigenvalue weighted by molar-refractivity contribution is 6.35. The lowest BCUT2D eigenvalue weighted by Gasteiger charge is -2.33. The van der Waals surface area contributed by atoms with Gasteiger partial charge < -0.3 is 10.6 Å². The summed E-state index contributed by atoms with van der Waals surface area (Å²) in [7, 11) is 0. The number of anilines is 1. The van der Waals surface area contributed by atoms with Gasteiger partial charge in [0.2, 0.25) is 11.8 Å². The molecule has 2 N–H and O–H groups in total. The van der Waals surface area contributed by atoms with Crippen molar-refractivity contribution in [3.8, 4) is 0 Å². The summed E-state index contributed by atoms with van der Waals surface area (Å²) in [6, 6.07) is 13.7. The SMILES string of the molecule is O=C1CN([C@@H](C(=O)Nc2cc(Cl)cc(Cl)c2)c2ccccc2)CCN1. The predicted octanol–water partition coefficient (Wildman–Crippen LogP) is 3.11. The Morgan fingerprint density at radius 1 is 1.12 bits per heavy atom. The van der Waals surface area contributed by atoms with Gasteiger partial charge in [0.25, 0.3) is 0 Å². The number of nitrogens with zero attached hydrogens (tertiary/aromatic N) is 1. The Morgan fingerprint density at radius 3 is 2.44 bits per heavy atom. The second-order valence-corrected chi connectivity index (χ2v) is 6.65. The van der Waals surface area contributed by atoms with Crippen LogP contribution in [-0.2, 0) is 9.59 Å². The van der Waals surface area contributed by atoms with Crippen molar-refractivity contribution in [2.45, 2.75) is 6.04 Å². The van der Waals surface area contributed by atoms with E-state index in [9.17, 15) is 9.59 Å². The molecule has 0 saturated carbocycles. The third kappa shape index (κ3) is 4.51. The fourth-order valence-electron chi connectivity index (χ4n) is 2.88. The zero-order valence-corrected chi connectivity index (χ0v) is 14.8. The largest absolute Gasteiger partial charge is 0.354 e. The molecule has 0 unspecified atom stereocenters. The van der Waals surface area contributed by atoms with Crippen molar-refractivity contribution in [3.63, 3.8) is 0 Å². The molecule has 5 nitrogen and oxygen atoms in total. The van der Waals surface area contributed by atoms with Gasteiger partial charge in [0.1, 0.15) is 6.04 Å². The third-order valence-corrected chi connectivity index (χ3v) is 4.36. The molecule has 0 radical (unpaired) electrons. The number of halogens is 2. The first kappa shape index (κ1) is 17.7. The number of carbonyl (C=O) groups is 2. The molecule has 2 amide bonds. The minimum absolute atomic E-state index is 0.0919. The number of carbonyl (C=O) groups excluding carboxylic acids is 2. The van der Waals surface area contributed by atoms with Gasteiger partial charge in [-0.25, -0.2) is 0 Å². The molecule has 2 aromatic rings. The lowest BCUT2D eigenvalue weighted by Crippen LogP contribution is -2.51. The maximum atomic E-state index is 13.0. The van der Waals surface area contributed by atoms with Gasteiger partial charge >= 0.3 is 0 Å². The summed E-state index contributed by atoms with van der Waals surface area (Å²) in [6.07, 6.45) is 0. The molecule has 0 spiro atoms. The summed E-state index contributed by atoms with van der Waals surface area (Å²) < 4.78 is 0. The highest BCUT2D eigenvalue weighted by Crippen LogP contribution is 2.26. The minimum atomic E-state index is -0.579. The van der Waals surface area contributed by atoms with Crippen LogP contribution < -0.4 is 10.6 Å². The molecule has 1 atom stereocenters. The minimum Gasteiger partial charge on any atom is -0.354 e. The number of amides is 2. The van der Waals surface area contributed by atoms with Crippen LogP contribution in [0.3, 0.4) is 0 Å². The van der Waals surface area contributed by atoms with E-state index in [-0.39, 0.29) is 18.4 Å². The van der Waals surface area contributed by atoms with Crippen molar-refractivity contribution in [2.24, 2.45) is 0 Å². The molecular formula is C18H17Cl2N3O2. The van der Waals surface area contributed by atoms with Crippen molar-refractivity contribution in [2.75, 3.05) is 25.0 Å². The number of rotatable bonds is 4. The maximum absolute atomic E-state index is 13.0. The number of hydrogen-bond acceptors (Lipinski definition) is 3. The van der Waals surface area contributed by atoms with Gasteiger partial charge in [-0.3, -0.25) is 14.5 Å². The van der Waals surface area contributed by atoms with Crippen molar-refractivity contribution < 1.29 is 9.59 Å². The van der Waals surface area contributed by atoms with E-state index in [1.807, 2.05) is 35.2 Å². The summed E-state index contributed by atoms with van der Waals surface area (Å²) in [5, 5.41) is 6.51. The highest BCUT2D eigenvalue weighted by Gasteiger charge is 2.31. The molecule has 1 heterocycles. The molecule has 1 aliphatic rings. The molecule has 0 aromatic heterocycles.